The zero-order chi connectivity index (χ0) is 12.9. The van der Waals surface area contributed by atoms with Crippen LogP contribution in [0.4, 0.5) is 13.2 Å². The van der Waals surface area contributed by atoms with E-state index in [0.717, 1.165) is 4.68 Å². The largest absolute Gasteiger partial charge is 0.481 e. The second-order valence-electron chi connectivity index (χ2n) is 3.62. The molecule has 0 aliphatic rings. The zero-order valence-electron chi connectivity index (χ0n) is 8.94. The number of alkyl halides is 3. The van der Waals surface area contributed by atoms with Crippen LogP contribution in [-0.4, -0.2) is 32.2 Å². The third kappa shape index (κ3) is 5.88. The SMILES string of the molecule is O=C(O)CCCCc1cn(CC(F)(F)F)nn1. The highest BCUT2D eigenvalue weighted by Crippen LogP contribution is 2.16. The van der Waals surface area contributed by atoms with Crippen LogP contribution >= 0.6 is 0 Å². The summed E-state index contributed by atoms with van der Waals surface area (Å²) < 4.78 is 36.7. The predicted octanol–water partition coefficient (Wildman–Crippen LogP) is 1.64. The molecule has 1 N–H and O–H groups in total. The third-order valence-corrected chi connectivity index (χ3v) is 2.00. The molecule has 0 radical (unpaired) electrons. The number of aryl methyl sites for hydroxylation is 1. The van der Waals surface area contributed by atoms with E-state index in [1.54, 1.807) is 0 Å². The lowest BCUT2D eigenvalue weighted by Crippen LogP contribution is -2.18. The Bertz CT molecular complexity index is 376. The van der Waals surface area contributed by atoms with Crippen molar-refractivity contribution in [3.8, 4) is 0 Å². The number of hydrogen-bond donors (Lipinski definition) is 1. The number of unbranched alkanes of at least 4 members (excludes halogenated alkanes) is 1. The summed E-state index contributed by atoms with van der Waals surface area (Å²) >= 11 is 0. The summed E-state index contributed by atoms with van der Waals surface area (Å²) in [6.07, 6.45) is -1.55. The molecule has 0 aliphatic heterocycles. The van der Waals surface area contributed by atoms with Crippen LogP contribution < -0.4 is 0 Å². The monoisotopic (exact) mass is 251 g/mol. The lowest BCUT2D eigenvalue weighted by molar-refractivity contribution is -0.143. The average molecular weight is 251 g/mol. The molecule has 0 bridgehead atoms. The highest BCUT2D eigenvalue weighted by atomic mass is 19.4. The number of carboxylic acids is 1. The van der Waals surface area contributed by atoms with Crippen LogP contribution in [0.2, 0.25) is 0 Å². The molecule has 0 saturated heterocycles. The molecule has 0 aliphatic carbocycles. The lowest BCUT2D eigenvalue weighted by atomic mass is 10.1. The second kappa shape index (κ2) is 5.65. The van der Waals surface area contributed by atoms with E-state index >= 15 is 0 Å². The van der Waals surface area contributed by atoms with Crippen molar-refractivity contribution in [2.45, 2.75) is 38.4 Å². The zero-order valence-corrected chi connectivity index (χ0v) is 8.94. The molecule has 0 amide bonds. The first kappa shape index (κ1) is 13.5. The molecule has 0 atom stereocenters. The Morgan fingerprint density at radius 3 is 2.71 bits per heavy atom. The van der Waals surface area contributed by atoms with Crippen molar-refractivity contribution in [3.05, 3.63) is 11.9 Å². The first-order valence-corrected chi connectivity index (χ1v) is 5.04. The van der Waals surface area contributed by atoms with Gasteiger partial charge in [0.1, 0.15) is 6.54 Å². The first-order valence-electron chi connectivity index (χ1n) is 5.04. The van der Waals surface area contributed by atoms with Gasteiger partial charge >= 0.3 is 12.1 Å². The van der Waals surface area contributed by atoms with Gasteiger partial charge in [-0.05, 0) is 19.3 Å². The maximum absolute atomic E-state index is 12.0. The van der Waals surface area contributed by atoms with Crippen LogP contribution in [0.3, 0.4) is 0 Å². The quantitative estimate of drug-likeness (QED) is 0.780. The van der Waals surface area contributed by atoms with Crippen molar-refractivity contribution in [2.75, 3.05) is 0 Å². The minimum absolute atomic E-state index is 0.0523. The van der Waals surface area contributed by atoms with E-state index in [9.17, 15) is 18.0 Å². The molecule has 96 valence electrons. The molecule has 17 heavy (non-hydrogen) atoms. The average Bonchev–Trinajstić information content (AvgIpc) is 2.57. The van der Waals surface area contributed by atoms with Crippen LogP contribution in [0, 0.1) is 0 Å². The Morgan fingerprint density at radius 1 is 1.41 bits per heavy atom. The molecular weight excluding hydrogens is 239 g/mol. The number of carboxylic acid groups (broad SMARTS) is 1. The summed E-state index contributed by atoms with van der Waals surface area (Å²) in [7, 11) is 0. The molecule has 5 nitrogen and oxygen atoms in total. The molecule has 0 saturated carbocycles. The fraction of sp³-hybridized carbons (Fsp3) is 0.667. The van der Waals surface area contributed by atoms with Gasteiger partial charge in [0.25, 0.3) is 0 Å². The molecular formula is C9H12F3N3O2. The van der Waals surface area contributed by atoms with E-state index in [-0.39, 0.29) is 6.42 Å². The minimum atomic E-state index is -4.31. The van der Waals surface area contributed by atoms with Gasteiger partial charge in [0.2, 0.25) is 0 Å². The van der Waals surface area contributed by atoms with Crippen molar-refractivity contribution in [1.82, 2.24) is 15.0 Å². The summed E-state index contributed by atoms with van der Waals surface area (Å²) in [4.78, 5) is 10.2. The van der Waals surface area contributed by atoms with Crippen molar-refractivity contribution in [2.24, 2.45) is 0 Å². The van der Waals surface area contributed by atoms with Gasteiger partial charge in [0, 0.05) is 12.6 Å². The summed E-state index contributed by atoms with van der Waals surface area (Å²) in [6.45, 7) is -1.16. The Labute approximate surface area is 95.2 Å². The van der Waals surface area contributed by atoms with Gasteiger partial charge in [-0.1, -0.05) is 5.21 Å². The van der Waals surface area contributed by atoms with Gasteiger partial charge in [0.05, 0.1) is 5.69 Å². The van der Waals surface area contributed by atoms with E-state index in [1.165, 1.54) is 6.20 Å². The highest BCUT2D eigenvalue weighted by Gasteiger charge is 2.28. The van der Waals surface area contributed by atoms with E-state index in [0.29, 0.717) is 25.0 Å². The summed E-state index contributed by atoms with van der Waals surface area (Å²) in [6, 6.07) is 0. The normalized spacial score (nSPS) is 11.7. The molecule has 1 rings (SSSR count). The Kier molecular flexibility index (Phi) is 4.47. The second-order valence-corrected chi connectivity index (χ2v) is 3.62. The lowest BCUT2D eigenvalue weighted by Gasteiger charge is -2.03. The van der Waals surface area contributed by atoms with E-state index in [4.69, 9.17) is 5.11 Å². The topological polar surface area (TPSA) is 68.0 Å². The van der Waals surface area contributed by atoms with E-state index in [2.05, 4.69) is 10.3 Å². The summed E-state index contributed by atoms with van der Waals surface area (Å²) in [5, 5.41) is 15.3. The van der Waals surface area contributed by atoms with Crippen LogP contribution in [0.25, 0.3) is 0 Å². The third-order valence-electron chi connectivity index (χ3n) is 2.00. The Hall–Kier alpha value is -1.60. The molecule has 0 spiro atoms. The number of halogens is 3. The smallest absolute Gasteiger partial charge is 0.408 e. The summed E-state index contributed by atoms with van der Waals surface area (Å²) in [5.41, 5.74) is 0.444. The van der Waals surface area contributed by atoms with Crippen LogP contribution in [-0.2, 0) is 17.8 Å². The standard InChI is InChI=1S/C9H12F3N3O2/c10-9(11,12)6-15-5-7(13-14-15)3-1-2-4-8(16)17/h5H,1-4,6H2,(H,16,17). The van der Waals surface area contributed by atoms with Crippen LogP contribution in [0.15, 0.2) is 6.20 Å². The number of rotatable bonds is 6. The Morgan fingerprint density at radius 2 is 2.12 bits per heavy atom. The molecule has 0 aromatic carbocycles. The molecule has 8 heteroatoms. The molecule has 1 aromatic rings. The maximum Gasteiger partial charge on any atom is 0.408 e. The van der Waals surface area contributed by atoms with Crippen LogP contribution in [0.5, 0.6) is 0 Å². The molecule has 0 fully saturated rings. The van der Waals surface area contributed by atoms with Crippen LogP contribution in [0.1, 0.15) is 25.0 Å². The number of aromatic nitrogens is 3. The first-order chi connectivity index (χ1) is 7.87. The van der Waals surface area contributed by atoms with Gasteiger partial charge in [-0.15, -0.1) is 5.10 Å². The highest BCUT2D eigenvalue weighted by molar-refractivity contribution is 5.66. The molecule has 1 aromatic heterocycles. The fourth-order valence-corrected chi connectivity index (χ4v) is 1.30. The Balaban J connectivity index is 2.33. The maximum atomic E-state index is 12.0. The van der Waals surface area contributed by atoms with Crippen molar-refractivity contribution in [3.63, 3.8) is 0 Å². The van der Waals surface area contributed by atoms with Gasteiger partial charge in [0.15, 0.2) is 0 Å². The van der Waals surface area contributed by atoms with Crippen molar-refractivity contribution < 1.29 is 23.1 Å². The van der Waals surface area contributed by atoms with Gasteiger partial charge < -0.3 is 5.11 Å². The number of nitrogens with zero attached hydrogens (tertiary/aromatic N) is 3. The van der Waals surface area contributed by atoms with Gasteiger partial charge in [-0.2, -0.15) is 13.2 Å². The number of aliphatic carboxylic acids is 1. The van der Waals surface area contributed by atoms with Crippen molar-refractivity contribution in [1.29, 1.82) is 0 Å². The van der Waals surface area contributed by atoms with Crippen molar-refractivity contribution >= 4 is 5.97 Å². The fourth-order valence-electron chi connectivity index (χ4n) is 1.30. The van der Waals surface area contributed by atoms with Gasteiger partial charge in [-0.25, -0.2) is 4.68 Å². The minimum Gasteiger partial charge on any atom is -0.481 e. The predicted molar refractivity (Wildman–Crippen MR) is 51.3 cm³/mol. The van der Waals surface area contributed by atoms with Gasteiger partial charge in [-0.3, -0.25) is 4.79 Å². The van der Waals surface area contributed by atoms with E-state index < -0.39 is 18.7 Å². The van der Waals surface area contributed by atoms with E-state index in [1.807, 2.05) is 0 Å². The molecule has 0 unspecified atom stereocenters. The molecule has 1 heterocycles. The summed E-state index contributed by atoms with van der Waals surface area (Å²) in [5.74, 6) is -0.884. The number of carbonyl (C=O) groups is 1. The number of hydrogen-bond acceptors (Lipinski definition) is 3.